The van der Waals surface area contributed by atoms with Gasteiger partial charge in [-0.15, -0.1) is 0 Å². The lowest BCUT2D eigenvalue weighted by molar-refractivity contribution is 0.0155. The molecule has 2 saturated heterocycles. The van der Waals surface area contributed by atoms with E-state index >= 15 is 0 Å². The van der Waals surface area contributed by atoms with Gasteiger partial charge in [0.25, 0.3) is 0 Å². The zero-order valence-corrected chi connectivity index (χ0v) is 18.3. The quantitative estimate of drug-likeness (QED) is 0.452. The van der Waals surface area contributed by atoms with Crippen LogP contribution in [0.5, 0.6) is 5.75 Å². The lowest BCUT2D eigenvalue weighted by atomic mass is 9.61. The van der Waals surface area contributed by atoms with Crippen LogP contribution in [0, 0.1) is 0 Å². The first-order valence-electron chi connectivity index (χ1n) is 11.1. The van der Waals surface area contributed by atoms with E-state index in [2.05, 4.69) is 6.92 Å². The van der Waals surface area contributed by atoms with Gasteiger partial charge in [-0.05, 0) is 25.3 Å². The van der Waals surface area contributed by atoms with Gasteiger partial charge in [0, 0.05) is 23.2 Å². The van der Waals surface area contributed by atoms with Gasteiger partial charge in [0.2, 0.25) is 0 Å². The summed E-state index contributed by atoms with van der Waals surface area (Å²) in [6.07, 6.45) is 3.49. The van der Waals surface area contributed by atoms with Gasteiger partial charge in [0.05, 0.1) is 23.6 Å². The number of aromatic carboxylic acids is 1. The summed E-state index contributed by atoms with van der Waals surface area (Å²) in [4.78, 5) is 17.2. The van der Waals surface area contributed by atoms with Crippen molar-refractivity contribution in [2.45, 2.75) is 37.4 Å². The van der Waals surface area contributed by atoms with Crippen LogP contribution in [0.1, 0.15) is 41.4 Å². The van der Waals surface area contributed by atoms with Crippen molar-refractivity contribution in [2.24, 2.45) is 0 Å². The van der Waals surface area contributed by atoms with E-state index in [0.717, 1.165) is 35.4 Å². The highest BCUT2D eigenvalue weighted by Crippen LogP contribution is 2.59. The second-order valence-electron chi connectivity index (χ2n) is 9.41. The molecule has 4 heterocycles. The van der Waals surface area contributed by atoms with Crippen LogP contribution in [0.2, 0.25) is 0 Å². The second kappa shape index (κ2) is 7.18. The van der Waals surface area contributed by atoms with Crippen LogP contribution in [0.3, 0.4) is 0 Å². The van der Waals surface area contributed by atoms with Gasteiger partial charge in [0.1, 0.15) is 23.6 Å². The SMILES string of the molecule is CC12CC(c3nc4cc(OCc5ccccc5)c(C(=O)O)cn4c3-c3ccccc3)(CO1)C2. The number of carboxylic acids is 1. The topological polar surface area (TPSA) is 73.1 Å². The molecule has 0 spiro atoms. The predicted molar refractivity (Wildman–Crippen MR) is 124 cm³/mol. The predicted octanol–water partition coefficient (Wildman–Crippen LogP) is 5.10. The van der Waals surface area contributed by atoms with E-state index < -0.39 is 5.97 Å². The molecule has 2 aromatic heterocycles. The van der Waals surface area contributed by atoms with Gasteiger partial charge in [-0.3, -0.25) is 4.40 Å². The van der Waals surface area contributed by atoms with Crippen LogP contribution in [0.15, 0.2) is 72.9 Å². The first-order chi connectivity index (χ1) is 16.0. The summed E-state index contributed by atoms with van der Waals surface area (Å²) in [5.74, 6) is -0.721. The lowest BCUT2D eigenvalue weighted by Gasteiger charge is -2.41. The molecule has 166 valence electrons. The van der Waals surface area contributed by atoms with Gasteiger partial charge in [-0.2, -0.15) is 0 Å². The molecule has 6 heteroatoms. The molecule has 2 aliphatic heterocycles. The molecule has 4 aromatic rings. The van der Waals surface area contributed by atoms with E-state index in [0.29, 0.717) is 18.0 Å². The normalized spacial score (nSPS) is 23.4. The third-order valence-corrected chi connectivity index (χ3v) is 6.86. The lowest BCUT2D eigenvalue weighted by Crippen LogP contribution is -2.45. The largest absolute Gasteiger partial charge is 0.488 e. The molecule has 2 aromatic carbocycles. The molecule has 1 saturated carbocycles. The highest BCUT2D eigenvalue weighted by Gasteiger charge is 2.62. The molecule has 1 N–H and O–H groups in total. The fourth-order valence-corrected chi connectivity index (χ4v) is 5.46. The third-order valence-electron chi connectivity index (χ3n) is 6.86. The van der Waals surface area contributed by atoms with Crippen molar-refractivity contribution in [2.75, 3.05) is 6.61 Å². The Morgan fingerprint density at radius 2 is 1.82 bits per heavy atom. The van der Waals surface area contributed by atoms with Gasteiger partial charge in [0.15, 0.2) is 0 Å². The molecular weight excluding hydrogens is 416 g/mol. The molecule has 3 fully saturated rings. The van der Waals surface area contributed by atoms with Crippen molar-refractivity contribution in [3.63, 3.8) is 0 Å². The van der Waals surface area contributed by atoms with Crippen LogP contribution >= 0.6 is 0 Å². The fourth-order valence-electron chi connectivity index (χ4n) is 5.46. The highest BCUT2D eigenvalue weighted by atomic mass is 16.5. The van der Waals surface area contributed by atoms with Crippen LogP contribution in [0.4, 0.5) is 0 Å². The summed E-state index contributed by atoms with van der Waals surface area (Å²) in [6.45, 7) is 3.07. The zero-order valence-electron chi connectivity index (χ0n) is 18.3. The maximum Gasteiger partial charge on any atom is 0.341 e. The first-order valence-corrected chi connectivity index (χ1v) is 11.1. The molecule has 33 heavy (non-hydrogen) atoms. The van der Waals surface area contributed by atoms with Crippen molar-refractivity contribution in [1.82, 2.24) is 9.38 Å². The molecule has 0 unspecified atom stereocenters. The number of benzene rings is 2. The van der Waals surface area contributed by atoms with Crippen LogP contribution in [0.25, 0.3) is 16.9 Å². The number of hydrogen-bond donors (Lipinski definition) is 1. The number of fused-ring (bicyclic) bond motifs is 2. The number of hydrogen-bond acceptors (Lipinski definition) is 4. The van der Waals surface area contributed by atoms with Gasteiger partial charge in [-0.1, -0.05) is 60.7 Å². The number of ether oxygens (including phenoxy) is 2. The maximum absolute atomic E-state index is 12.2. The number of carbonyl (C=O) groups is 1. The van der Waals surface area contributed by atoms with Crippen molar-refractivity contribution in [3.05, 3.63) is 89.7 Å². The van der Waals surface area contributed by atoms with E-state index in [9.17, 15) is 9.90 Å². The minimum atomic E-state index is -1.03. The van der Waals surface area contributed by atoms with Crippen molar-refractivity contribution in [3.8, 4) is 17.0 Å². The molecule has 0 radical (unpaired) electrons. The molecule has 7 rings (SSSR count). The van der Waals surface area contributed by atoms with E-state index in [4.69, 9.17) is 14.5 Å². The highest BCUT2D eigenvalue weighted by molar-refractivity contribution is 5.91. The van der Waals surface area contributed by atoms with Gasteiger partial charge in [-0.25, -0.2) is 9.78 Å². The van der Waals surface area contributed by atoms with Crippen LogP contribution in [-0.2, 0) is 16.8 Å². The average molecular weight is 440 g/mol. The molecule has 6 nitrogen and oxygen atoms in total. The monoisotopic (exact) mass is 440 g/mol. The Morgan fingerprint density at radius 3 is 2.45 bits per heavy atom. The summed E-state index contributed by atoms with van der Waals surface area (Å²) in [7, 11) is 0. The van der Waals surface area contributed by atoms with Crippen molar-refractivity contribution < 1.29 is 19.4 Å². The molecule has 1 aliphatic carbocycles. The fraction of sp³-hybridized carbons (Fsp3) is 0.259. The summed E-state index contributed by atoms with van der Waals surface area (Å²) in [5, 5.41) is 9.96. The zero-order chi connectivity index (χ0) is 22.6. The molecule has 2 bridgehead atoms. The van der Waals surface area contributed by atoms with Gasteiger partial charge >= 0.3 is 5.97 Å². The number of carboxylic acid groups (broad SMARTS) is 1. The van der Waals surface area contributed by atoms with E-state index in [1.165, 1.54) is 0 Å². The summed E-state index contributed by atoms with van der Waals surface area (Å²) < 4.78 is 13.9. The summed E-state index contributed by atoms with van der Waals surface area (Å²) in [5.41, 5.74) is 4.43. The number of imidazole rings is 1. The number of pyridine rings is 1. The Morgan fingerprint density at radius 1 is 1.12 bits per heavy atom. The first kappa shape index (κ1) is 20.0. The number of nitrogens with zero attached hydrogens (tertiary/aromatic N) is 2. The Bertz CT molecular complexity index is 1360. The van der Waals surface area contributed by atoms with E-state index in [1.807, 2.05) is 65.1 Å². The molecule has 0 atom stereocenters. The Hall–Kier alpha value is -3.64. The summed E-state index contributed by atoms with van der Waals surface area (Å²) in [6, 6.07) is 21.5. The van der Waals surface area contributed by atoms with E-state index in [-0.39, 0.29) is 23.2 Å². The smallest absolute Gasteiger partial charge is 0.341 e. The van der Waals surface area contributed by atoms with Crippen LogP contribution in [-0.4, -0.2) is 32.7 Å². The Labute approximate surface area is 191 Å². The Kier molecular flexibility index (Phi) is 4.35. The molecular formula is C27H24N2O4. The minimum Gasteiger partial charge on any atom is -0.488 e. The Balaban J connectivity index is 1.50. The van der Waals surface area contributed by atoms with E-state index in [1.54, 1.807) is 12.3 Å². The summed E-state index contributed by atoms with van der Waals surface area (Å²) >= 11 is 0. The molecule has 0 amide bonds. The molecule has 3 aliphatic rings. The maximum atomic E-state index is 12.2. The van der Waals surface area contributed by atoms with Gasteiger partial charge < -0.3 is 14.6 Å². The third kappa shape index (κ3) is 3.21. The van der Waals surface area contributed by atoms with Crippen molar-refractivity contribution >= 4 is 11.6 Å². The second-order valence-corrected chi connectivity index (χ2v) is 9.41. The van der Waals surface area contributed by atoms with Crippen LogP contribution < -0.4 is 4.74 Å². The number of aromatic nitrogens is 2. The minimum absolute atomic E-state index is 0.0834. The number of rotatable bonds is 6. The average Bonchev–Trinajstić information content (AvgIpc) is 3.46. The van der Waals surface area contributed by atoms with Crippen molar-refractivity contribution in [1.29, 1.82) is 0 Å². The standard InChI is InChI=1S/C27H24N2O4/c1-26-15-27(16-26,17-33-26)24-23(19-10-6-3-7-11-19)29-13-20(25(30)31)21(12-22(29)28-24)32-14-18-8-4-2-5-9-18/h2-13H,14-17H2,1H3,(H,30,31).